The van der Waals surface area contributed by atoms with E-state index in [2.05, 4.69) is 10.6 Å². The average molecular weight is 379 g/mol. The van der Waals surface area contributed by atoms with Crippen molar-refractivity contribution in [2.75, 3.05) is 20.8 Å². The lowest BCUT2D eigenvalue weighted by Crippen LogP contribution is -2.46. The Morgan fingerprint density at radius 2 is 1.85 bits per heavy atom. The van der Waals surface area contributed by atoms with Gasteiger partial charge < -0.3 is 24.8 Å². The van der Waals surface area contributed by atoms with E-state index >= 15 is 0 Å². The number of nitrogens with one attached hydrogen (secondary N) is 2. The van der Waals surface area contributed by atoms with Gasteiger partial charge in [0.05, 0.1) is 49.0 Å². The minimum Gasteiger partial charge on any atom is -0.493 e. The molecule has 10 nitrogen and oxygen atoms in total. The molecule has 1 unspecified atom stereocenters. The number of carbonyl (C=O) groups is 2. The first-order valence-corrected chi connectivity index (χ1v) is 8.25. The number of nitro benzene ring substituents is 1. The molecule has 1 aliphatic rings. The summed E-state index contributed by atoms with van der Waals surface area (Å²) in [5.74, 6) is -0.284. The van der Waals surface area contributed by atoms with Crippen LogP contribution in [0.2, 0.25) is 0 Å². The summed E-state index contributed by atoms with van der Waals surface area (Å²) in [5, 5.41) is 16.7. The first-order valence-electron chi connectivity index (χ1n) is 8.25. The molecule has 146 valence electrons. The molecule has 1 aromatic rings. The number of ether oxygens (including phenoxy) is 3. The minimum atomic E-state index is -1.08. The molecule has 1 atom stereocenters. The van der Waals surface area contributed by atoms with Gasteiger partial charge in [0.15, 0.2) is 11.5 Å². The van der Waals surface area contributed by atoms with Crippen LogP contribution < -0.4 is 20.1 Å². The first-order chi connectivity index (χ1) is 12.9. The van der Waals surface area contributed by atoms with Crippen molar-refractivity contribution >= 4 is 17.7 Å². The number of amides is 2. The van der Waals surface area contributed by atoms with Crippen LogP contribution in [0.4, 0.5) is 10.5 Å². The predicted molar refractivity (Wildman–Crippen MR) is 94.6 cm³/mol. The average Bonchev–Trinajstić information content (AvgIpc) is 2.65. The molecule has 1 aromatic carbocycles. The van der Waals surface area contributed by atoms with Gasteiger partial charge in [0, 0.05) is 5.70 Å². The number of methoxy groups -OCH3 is 2. The van der Waals surface area contributed by atoms with E-state index < -0.39 is 23.0 Å². The number of nitrogens with zero attached hydrogens (tertiary/aromatic N) is 1. The highest BCUT2D eigenvalue weighted by Gasteiger charge is 2.37. The molecular weight excluding hydrogens is 358 g/mol. The highest BCUT2D eigenvalue weighted by Crippen LogP contribution is 2.40. The molecule has 0 aliphatic carbocycles. The van der Waals surface area contributed by atoms with Gasteiger partial charge in [-0.1, -0.05) is 6.92 Å². The molecule has 2 amide bonds. The Morgan fingerprint density at radius 1 is 1.22 bits per heavy atom. The summed E-state index contributed by atoms with van der Waals surface area (Å²) >= 11 is 0. The van der Waals surface area contributed by atoms with Crippen LogP contribution >= 0.6 is 0 Å². The Bertz CT molecular complexity index is 804. The summed E-state index contributed by atoms with van der Waals surface area (Å²) in [5.41, 5.74) is 0.208. The van der Waals surface area contributed by atoms with Crippen LogP contribution in [0.15, 0.2) is 23.4 Å². The quantitative estimate of drug-likeness (QED) is 0.422. The zero-order chi connectivity index (χ0) is 20.1. The monoisotopic (exact) mass is 379 g/mol. The van der Waals surface area contributed by atoms with Crippen LogP contribution in [-0.2, 0) is 9.53 Å². The van der Waals surface area contributed by atoms with Crippen molar-refractivity contribution in [1.82, 2.24) is 10.6 Å². The summed E-state index contributed by atoms with van der Waals surface area (Å²) in [6.07, 6.45) is 0.332. The summed E-state index contributed by atoms with van der Waals surface area (Å²) in [7, 11) is 2.74. The van der Waals surface area contributed by atoms with Crippen LogP contribution in [0.5, 0.6) is 11.5 Å². The molecule has 27 heavy (non-hydrogen) atoms. The largest absolute Gasteiger partial charge is 0.493 e. The summed E-state index contributed by atoms with van der Waals surface area (Å²) in [4.78, 5) is 35.6. The van der Waals surface area contributed by atoms with Crippen molar-refractivity contribution in [2.45, 2.75) is 26.3 Å². The Morgan fingerprint density at radius 3 is 2.37 bits per heavy atom. The number of benzene rings is 1. The summed E-state index contributed by atoms with van der Waals surface area (Å²) in [6, 6.07) is 0.915. The Balaban J connectivity index is 2.73. The van der Waals surface area contributed by atoms with E-state index in [0.717, 1.165) is 0 Å². The van der Waals surface area contributed by atoms with Gasteiger partial charge in [-0.25, -0.2) is 9.59 Å². The third kappa shape index (κ3) is 3.94. The summed E-state index contributed by atoms with van der Waals surface area (Å²) < 4.78 is 15.4. The zero-order valence-corrected chi connectivity index (χ0v) is 15.5. The molecule has 0 radical (unpaired) electrons. The first kappa shape index (κ1) is 20.0. The predicted octanol–water partition coefficient (Wildman–Crippen LogP) is 2.19. The molecule has 0 saturated heterocycles. The molecule has 0 saturated carbocycles. The molecule has 2 N–H and O–H groups in total. The van der Waals surface area contributed by atoms with Crippen LogP contribution in [0.3, 0.4) is 0 Å². The van der Waals surface area contributed by atoms with Gasteiger partial charge in [-0.05, 0) is 19.4 Å². The second-order valence-electron chi connectivity index (χ2n) is 5.52. The van der Waals surface area contributed by atoms with Gasteiger partial charge in [0.2, 0.25) is 0 Å². The Labute approximate surface area is 155 Å². The number of urea groups is 1. The van der Waals surface area contributed by atoms with E-state index in [1.165, 1.54) is 26.4 Å². The van der Waals surface area contributed by atoms with Crippen LogP contribution in [0.25, 0.3) is 0 Å². The normalized spacial score (nSPS) is 16.3. The van der Waals surface area contributed by atoms with Gasteiger partial charge in [-0.15, -0.1) is 0 Å². The Hall–Kier alpha value is -3.30. The van der Waals surface area contributed by atoms with E-state index in [0.29, 0.717) is 12.1 Å². The molecule has 0 aromatic heterocycles. The lowest BCUT2D eigenvalue weighted by atomic mass is 9.92. The fourth-order valence-corrected chi connectivity index (χ4v) is 2.85. The molecule has 1 aliphatic heterocycles. The van der Waals surface area contributed by atoms with Crippen molar-refractivity contribution in [3.63, 3.8) is 0 Å². The topological polar surface area (TPSA) is 129 Å². The fraction of sp³-hybridized carbons (Fsp3) is 0.412. The molecule has 0 bridgehead atoms. The lowest BCUT2D eigenvalue weighted by Gasteiger charge is -2.29. The van der Waals surface area contributed by atoms with Crippen molar-refractivity contribution in [3.8, 4) is 11.5 Å². The fourth-order valence-electron chi connectivity index (χ4n) is 2.85. The Kier molecular flexibility index (Phi) is 6.22. The lowest BCUT2D eigenvalue weighted by molar-refractivity contribution is -0.385. The van der Waals surface area contributed by atoms with Crippen molar-refractivity contribution in [1.29, 1.82) is 0 Å². The molecule has 1 heterocycles. The number of carbonyl (C=O) groups excluding carboxylic acids is 2. The van der Waals surface area contributed by atoms with Gasteiger partial charge >= 0.3 is 12.0 Å². The number of esters is 1. The third-order valence-electron chi connectivity index (χ3n) is 4.04. The third-order valence-corrected chi connectivity index (χ3v) is 4.04. The molecule has 0 spiro atoms. The van der Waals surface area contributed by atoms with Gasteiger partial charge in [0.1, 0.15) is 0 Å². The van der Waals surface area contributed by atoms with Crippen molar-refractivity contribution in [3.05, 3.63) is 39.1 Å². The number of allylic oxidation sites excluding steroid dienone is 1. The molecule has 0 fully saturated rings. The molecular formula is C17H21N3O7. The van der Waals surface area contributed by atoms with E-state index in [4.69, 9.17) is 14.2 Å². The van der Waals surface area contributed by atoms with Gasteiger partial charge in [0.25, 0.3) is 5.69 Å². The molecule has 10 heteroatoms. The number of nitro groups is 1. The smallest absolute Gasteiger partial charge is 0.338 e. The van der Waals surface area contributed by atoms with E-state index in [9.17, 15) is 19.7 Å². The zero-order valence-electron chi connectivity index (χ0n) is 15.5. The minimum absolute atomic E-state index is 0.0847. The molecule has 2 rings (SSSR count). The van der Waals surface area contributed by atoms with Gasteiger partial charge in [-0.2, -0.15) is 0 Å². The van der Waals surface area contributed by atoms with E-state index in [1.54, 1.807) is 13.8 Å². The maximum absolute atomic E-state index is 12.5. The number of hydrogen-bond acceptors (Lipinski definition) is 7. The van der Waals surface area contributed by atoms with Crippen LogP contribution in [-0.4, -0.2) is 37.8 Å². The van der Waals surface area contributed by atoms with Crippen LogP contribution in [0, 0.1) is 10.1 Å². The second-order valence-corrected chi connectivity index (χ2v) is 5.52. The van der Waals surface area contributed by atoms with Crippen molar-refractivity contribution in [2.24, 2.45) is 0 Å². The van der Waals surface area contributed by atoms with Gasteiger partial charge in [-0.3, -0.25) is 10.1 Å². The SMILES string of the molecule is CCOC(=O)C1=C(CC)NC(=O)NC1c1cc(OC)c(OC)cc1[N+](=O)[O-]. The number of hydrogen-bond donors (Lipinski definition) is 2. The van der Waals surface area contributed by atoms with E-state index in [-0.39, 0.29) is 34.9 Å². The van der Waals surface area contributed by atoms with Crippen LogP contribution in [0.1, 0.15) is 31.9 Å². The standard InChI is InChI=1S/C17H21N3O7/c1-5-10-14(16(21)27-6-2)15(19-17(22)18-10)9-7-12(25-3)13(26-4)8-11(9)20(23)24/h7-8,15H,5-6H2,1-4H3,(H2,18,19,22). The van der Waals surface area contributed by atoms with Crippen molar-refractivity contribution < 1.29 is 28.7 Å². The maximum Gasteiger partial charge on any atom is 0.338 e. The second kappa shape index (κ2) is 8.39. The summed E-state index contributed by atoms with van der Waals surface area (Å²) in [6.45, 7) is 3.51. The highest BCUT2D eigenvalue weighted by atomic mass is 16.6. The highest BCUT2D eigenvalue weighted by molar-refractivity contribution is 5.95. The van der Waals surface area contributed by atoms with E-state index in [1.807, 2.05) is 0 Å². The number of rotatable bonds is 7. The maximum atomic E-state index is 12.5.